The number of hydrogen-bond donors (Lipinski definition) is 0. The summed E-state index contributed by atoms with van der Waals surface area (Å²) in [4.78, 5) is 0. The normalized spacial score (nSPS) is 10.2. The molecule has 3 aromatic rings. The van der Waals surface area contributed by atoms with Crippen LogP contribution in [0.4, 0.5) is 0 Å². The lowest BCUT2D eigenvalue weighted by molar-refractivity contribution is 0.653. The Balaban J connectivity index is 1.89. The maximum atomic E-state index is 8.79. The molecular formula is C15H11N5. The van der Waals surface area contributed by atoms with Gasteiger partial charge in [-0.25, -0.2) is 4.68 Å². The molecule has 5 nitrogen and oxygen atoms in total. The third kappa shape index (κ3) is 2.40. The zero-order valence-electron chi connectivity index (χ0n) is 10.6. The number of benzene rings is 2. The quantitative estimate of drug-likeness (QED) is 0.725. The van der Waals surface area contributed by atoms with Crippen LogP contribution in [0.25, 0.3) is 11.4 Å². The fourth-order valence-corrected chi connectivity index (χ4v) is 1.96. The molecule has 0 aliphatic rings. The Morgan fingerprint density at radius 2 is 1.75 bits per heavy atom. The van der Waals surface area contributed by atoms with E-state index in [-0.39, 0.29) is 0 Å². The van der Waals surface area contributed by atoms with Crippen molar-refractivity contribution in [3.05, 3.63) is 65.7 Å². The summed E-state index contributed by atoms with van der Waals surface area (Å²) in [6, 6.07) is 19.3. The van der Waals surface area contributed by atoms with Gasteiger partial charge in [-0.3, -0.25) is 0 Å². The van der Waals surface area contributed by atoms with E-state index in [1.54, 1.807) is 16.8 Å². The first-order valence-electron chi connectivity index (χ1n) is 6.17. The molecule has 1 aromatic heterocycles. The predicted molar refractivity (Wildman–Crippen MR) is 73.5 cm³/mol. The Morgan fingerprint density at radius 3 is 2.45 bits per heavy atom. The third-order valence-electron chi connectivity index (χ3n) is 2.98. The molecule has 1 heterocycles. The van der Waals surface area contributed by atoms with E-state index >= 15 is 0 Å². The van der Waals surface area contributed by atoms with Crippen LogP contribution in [-0.4, -0.2) is 20.2 Å². The van der Waals surface area contributed by atoms with Crippen LogP contribution in [0, 0.1) is 11.3 Å². The van der Waals surface area contributed by atoms with Gasteiger partial charge in [0, 0.05) is 5.56 Å². The first-order valence-corrected chi connectivity index (χ1v) is 6.17. The summed E-state index contributed by atoms with van der Waals surface area (Å²) >= 11 is 0. The highest BCUT2D eigenvalue weighted by Crippen LogP contribution is 2.16. The van der Waals surface area contributed by atoms with Crippen molar-refractivity contribution in [3.8, 4) is 17.5 Å². The van der Waals surface area contributed by atoms with E-state index in [2.05, 4.69) is 21.6 Å². The van der Waals surface area contributed by atoms with E-state index in [9.17, 15) is 0 Å². The van der Waals surface area contributed by atoms with Crippen molar-refractivity contribution >= 4 is 0 Å². The molecule has 0 fully saturated rings. The molecule has 0 spiro atoms. The van der Waals surface area contributed by atoms with Crippen LogP contribution in [0.3, 0.4) is 0 Å². The molecule has 20 heavy (non-hydrogen) atoms. The van der Waals surface area contributed by atoms with Crippen molar-refractivity contribution in [3.63, 3.8) is 0 Å². The topological polar surface area (TPSA) is 67.4 Å². The van der Waals surface area contributed by atoms with Crippen LogP contribution < -0.4 is 0 Å². The summed E-state index contributed by atoms with van der Waals surface area (Å²) in [6.45, 7) is 0.572. The fraction of sp³-hybridized carbons (Fsp3) is 0.0667. The second-order valence-electron chi connectivity index (χ2n) is 4.33. The minimum atomic E-state index is 0.572. The van der Waals surface area contributed by atoms with Crippen LogP contribution in [-0.2, 0) is 6.54 Å². The molecule has 0 unspecified atom stereocenters. The van der Waals surface area contributed by atoms with Crippen LogP contribution in [0.15, 0.2) is 54.6 Å². The van der Waals surface area contributed by atoms with Gasteiger partial charge in [0.2, 0.25) is 0 Å². The van der Waals surface area contributed by atoms with Crippen molar-refractivity contribution in [1.82, 2.24) is 20.2 Å². The largest absolute Gasteiger partial charge is 0.221 e. The highest BCUT2D eigenvalue weighted by Gasteiger charge is 2.08. The first kappa shape index (κ1) is 12.1. The summed E-state index contributed by atoms with van der Waals surface area (Å²) in [5.74, 6) is 0.731. The van der Waals surface area contributed by atoms with E-state index in [1.807, 2.05) is 42.5 Å². The molecule has 0 aliphatic heterocycles. The minimum Gasteiger partial charge on any atom is -0.221 e. The van der Waals surface area contributed by atoms with Gasteiger partial charge >= 0.3 is 0 Å². The minimum absolute atomic E-state index is 0.572. The summed E-state index contributed by atoms with van der Waals surface area (Å²) in [5.41, 5.74) is 2.67. The molecule has 3 rings (SSSR count). The number of rotatable bonds is 3. The first-order chi connectivity index (χ1) is 9.86. The van der Waals surface area contributed by atoms with E-state index in [0.29, 0.717) is 12.1 Å². The van der Waals surface area contributed by atoms with E-state index in [4.69, 9.17) is 5.26 Å². The third-order valence-corrected chi connectivity index (χ3v) is 2.98. The molecule has 5 heteroatoms. The molecule has 0 bridgehead atoms. The van der Waals surface area contributed by atoms with Gasteiger partial charge < -0.3 is 0 Å². The molecule has 96 valence electrons. The average molecular weight is 261 g/mol. The summed E-state index contributed by atoms with van der Waals surface area (Å²) in [6.07, 6.45) is 0. The lowest BCUT2D eigenvalue weighted by Gasteiger charge is -2.04. The Labute approximate surface area is 116 Å². The molecule has 0 radical (unpaired) electrons. The molecule has 0 amide bonds. The van der Waals surface area contributed by atoms with Gasteiger partial charge in [-0.2, -0.15) is 5.26 Å². The lowest BCUT2D eigenvalue weighted by Crippen LogP contribution is -2.04. The van der Waals surface area contributed by atoms with Gasteiger partial charge in [-0.05, 0) is 28.1 Å². The van der Waals surface area contributed by atoms with E-state index in [0.717, 1.165) is 17.0 Å². The predicted octanol–water partition coefficient (Wildman–Crippen LogP) is 2.26. The SMILES string of the molecule is N#Cc1ccc(Cn2nnnc2-c2ccccc2)cc1. The van der Waals surface area contributed by atoms with Gasteiger partial charge in [0.1, 0.15) is 0 Å². The maximum absolute atomic E-state index is 8.79. The van der Waals surface area contributed by atoms with Crippen LogP contribution >= 0.6 is 0 Å². The number of tetrazole rings is 1. The summed E-state index contributed by atoms with van der Waals surface area (Å²) in [7, 11) is 0. The number of nitriles is 1. The van der Waals surface area contributed by atoms with E-state index < -0.39 is 0 Å². The van der Waals surface area contributed by atoms with Crippen molar-refractivity contribution < 1.29 is 0 Å². The monoisotopic (exact) mass is 261 g/mol. The van der Waals surface area contributed by atoms with Crippen LogP contribution in [0.1, 0.15) is 11.1 Å². The summed E-state index contributed by atoms with van der Waals surface area (Å²) in [5, 5.41) is 20.6. The molecule has 0 atom stereocenters. The van der Waals surface area contributed by atoms with Crippen LogP contribution in [0.2, 0.25) is 0 Å². The molecule has 2 aromatic carbocycles. The smallest absolute Gasteiger partial charge is 0.182 e. The van der Waals surface area contributed by atoms with Gasteiger partial charge in [0.05, 0.1) is 18.2 Å². The van der Waals surface area contributed by atoms with E-state index in [1.165, 1.54) is 0 Å². The average Bonchev–Trinajstić information content (AvgIpc) is 2.97. The molecule has 0 aliphatic carbocycles. The van der Waals surface area contributed by atoms with Gasteiger partial charge in [-0.1, -0.05) is 42.5 Å². The number of nitrogens with zero attached hydrogens (tertiary/aromatic N) is 5. The Morgan fingerprint density at radius 1 is 1.00 bits per heavy atom. The van der Waals surface area contributed by atoms with Crippen molar-refractivity contribution in [1.29, 1.82) is 5.26 Å². The van der Waals surface area contributed by atoms with Crippen LogP contribution in [0.5, 0.6) is 0 Å². The van der Waals surface area contributed by atoms with Crippen molar-refractivity contribution in [2.75, 3.05) is 0 Å². The van der Waals surface area contributed by atoms with Crippen molar-refractivity contribution in [2.45, 2.75) is 6.54 Å². The number of hydrogen-bond acceptors (Lipinski definition) is 4. The summed E-state index contributed by atoms with van der Waals surface area (Å²) < 4.78 is 1.75. The molecule has 0 saturated carbocycles. The Kier molecular flexibility index (Phi) is 3.21. The highest BCUT2D eigenvalue weighted by molar-refractivity contribution is 5.54. The Hall–Kier alpha value is -3.00. The fourth-order valence-electron chi connectivity index (χ4n) is 1.96. The van der Waals surface area contributed by atoms with Gasteiger partial charge in [0.25, 0.3) is 0 Å². The number of aromatic nitrogens is 4. The second-order valence-corrected chi connectivity index (χ2v) is 4.33. The molecule has 0 saturated heterocycles. The van der Waals surface area contributed by atoms with Crippen molar-refractivity contribution in [2.24, 2.45) is 0 Å². The standard InChI is InChI=1S/C15H11N5/c16-10-12-6-8-13(9-7-12)11-20-15(17-18-19-20)14-4-2-1-3-5-14/h1-9H,11H2. The zero-order valence-corrected chi connectivity index (χ0v) is 10.6. The second kappa shape index (κ2) is 5.33. The maximum Gasteiger partial charge on any atom is 0.182 e. The highest BCUT2D eigenvalue weighted by atomic mass is 15.5. The van der Waals surface area contributed by atoms with Gasteiger partial charge in [-0.15, -0.1) is 5.10 Å². The molecule has 0 N–H and O–H groups in total. The van der Waals surface area contributed by atoms with Gasteiger partial charge in [0.15, 0.2) is 5.82 Å². The molecular weight excluding hydrogens is 250 g/mol. The lowest BCUT2D eigenvalue weighted by atomic mass is 10.1. The zero-order chi connectivity index (χ0) is 13.8. The Bertz CT molecular complexity index is 738.